The van der Waals surface area contributed by atoms with Gasteiger partial charge in [0.15, 0.2) is 0 Å². The van der Waals surface area contributed by atoms with E-state index in [1.807, 2.05) is 55.8 Å². The van der Waals surface area contributed by atoms with E-state index in [0.717, 1.165) is 63.8 Å². The summed E-state index contributed by atoms with van der Waals surface area (Å²) in [6.45, 7) is 7.83. The lowest BCUT2D eigenvalue weighted by atomic mass is 10.2. The van der Waals surface area contributed by atoms with E-state index in [-0.39, 0.29) is 0 Å². The highest BCUT2D eigenvalue weighted by atomic mass is 32.2. The van der Waals surface area contributed by atoms with Crippen LogP contribution in [0.15, 0.2) is 93.6 Å². The topological polar surface area (TPSA) is 113 Å². The van der Waals surface area contributed by atoms with Crippen molar-refractivity contribution in [2.45, 2.75) is 56.2 Å². The van der Waals surface area contributed by atoms with Gasteiger partial charge in [-0.2, -0.15) is 8.61 Å². The molecule has 1 aliphatic heterocycles. The molecule has 0 N–H and O–H groups in total. The molecule has 0 aliphatic carbocycles. The number of nitrogens with zero attached hydrogens (tertiary/aromatic N) is 5. The molecule has 0 amide bonds. The van der Waals surface area contributed by atoms with Crippen LogP contribution < -0.4 is 0 Å². The van der Waals surface area contributed by atoms with Crippen molar-refractivity contribution >= 4 is 42.7 Å². The second kappa shape index (κ2) is 15.7. The smallest absolute Gasteiger partial charge is 0.243 e. The number of hydrogen-bond donors (Lipinski definition) is 0. The molecule has 5 aromatic rings. The van der Waals surface area contributed by atoms with E-state index in [9.17, 15) is 16.8 Å². The molecule has 6 rings (SSSR count). The van der Waals surface area contributed by atoms with Crippen LogP contribution in [-0.2, 0) is 20.0 Å². The minimum atomic E-state index is -3.43. The Morgan fingerprint density at radius 2 is 1.30 bits per heavy atom. The van der Waals surface area contributed by atoms with Crippen LogP contribution in [0.3, 0.4) is 0 Å². The zero-order valence-corrected chi connectivity index (χ0v) is 30.0. The standard InChI is InChI=1S/C18H19N3O2S2.C16H20N2O2S2/c1-3-21(4-2)25(22,23)16-9-7-14(8-10-16)17-13-24-18(20-17)15-6-5-11-19-12-15;1-13-17-16(12-21-13)14-6-8-15(9-7-14)22(19,20)18-10-4-2-3-5-11-18/h5-13H,3-4H2,1-2H3;6-9,12H,2-5,10-11H2,1H3. The van der Waals surface area contributed by atoms with Gasteiger partial charge < -0.3 is 0 Å². The first kappa shape index (κ1) is 35.0. The van der Waals surface area contributed by atoms with Crippen molar-refractivity contribution in [1.29, 1.82) is 0 Å². The number of rotatable bonds is 9. The summed E-state index contributed by atoms with van der Waals surface area (Å²) in [4.78, 5) is 13.9. The van der Waals surface area contributed by atoms with Crippen molar-refractivity contribution in [3.63, 3.8) is 0 Å². The lowest BCUT2D eigenvalue weighted by Gasteiger charge is -2.19. The van der Waals surface area contributed by atoms with E-state index < -0.39 is 20.0 Å². The highest BCUT2D eigenvalue weighted by molar-refractivity contribution is 7.89. The van der Waals surface area contributed by atoms with Gasteiger partial charge in [0.1, 0.15) is 5.01 Å². The van der Waals surface area contributed by atoms with Gasteiger partial charge in [-0.15, -0.1) is 22.7 Å². The molecule has 1 aliphatic rings. The monoisotopic (exact) mass is 709 g/mol. The van der Waals surface area contributed by atoms with Crippen LogP contribution in [0.5, 0.6) is 0 Å². The molecule has 0 unspecified atom stereocenters. The highest BCUT2D eigenvalue weighted by Gasteiger charge is 2.25. The normalized spacial score (nSPS) is 14.4. The van der Waals surface area contributed by atoms with Gasteiger partial charge >= 0.3 is 0 Å². The van der Waals surface area contributed by atoms with Gasteiger partial charge in [0.2, 0.25) is 20.0 Å². The summed E-state index contributed by atoms with van der Waals surface area (Å²) in [5.41, 5.74) is 4.56. The molecule has 0 spiro atoms. The van der Waals surface area contributed by atoms with Crippen molar-refractivity contribution in [3.8, 4) is 33.1 Å². The van der Waals surface area contributed by atoms with Crippen molar-refractivity contribution in [1.82, 2.24) is 23.6 Å². The van der Waals surface area contributed by atoms with Crippen LogP contribution in [0, 0.1) is 6.92 Å². The molecule has 0 saturated carbocycles. The fraction of sp³-hybridized carbons (Fsp3) is 0.324. The van der Waals surface area contributed by atoms with Crippen molar-refractivity contribution in [3.05, 3.63) is 88.8 Å². The number of aryl methyl sites for hydroxylation is 1. The molecule has 1 fully saturated rings. The van der Waals surface area contributed by atoms with Crippen molar-refractivity contribution in [2.24, 2.45) is 0 Å². The SMILES string of the molecule is CCN(CC)S(=O)(=O)c1ccc(-c2csc(-c3cccnc3)n2)cc1.Cc1nc(-c2ccc(S(=O)(=O)N3CCCCCC3)cc2)cs1. The summed E-state index contributed by atoms with van der Waals surface area (Å²) in [5.74, 6) is 0. The maximum Gasteiger partial charge on any atom is 0.243 e. The van der Waals surface area contributed by atoms with Crippen LogP contribution >= 0.6 is 22.7 Å². The molecule has 13 heteroatoms. The maximum absolute atomic E-state index is 12.7. The number of pyridine rings is 1. The van der Waals surface area contributed by atoms with Crippen molar-refractivity contribution in [2.75, 3.05) is 26.2 Å². The van der Waals surface area contributed by atoms with E-state index in [0.29, 0.717) is 36.0 Å². The van der Waals surface area contributed by atoms with Gasteiger partial charge in [-0.05, 0) is 56.2 Å². The third-order valence-corrected chi connectivity index (χ3v) is 13.5. The van der Waals surface area contributed by atoms with E-state index in [1.165, 1.54) is 4.31 Å². The molecule has 248 valence electrons. The summed E-state index contributed by atoms with van der Waals surface area (Å²) >= 11 is 3.14. The molecule has 0 radical (unpaired) electrons. The average molecular weight is 710 g/mol. The lowest BCUT2D eigenvalue weighted by molar-refractivity contribution is 0.423. The number of benzene rings is 2. The molecule has 0 atom stereocenters. The van der Waals surface area contributed by atoms with Gasteiger partial charge in [-0.1, -0.05) is 51.0 Å². The van der Waals surface area contributed by atoms with Gasteiger partial charge in [0, 0.05) is 66.0 Å². The minimum Gasteiger partial charge on any atom is -0.264 e. The highest BCUT2D eigenvalue weighted by Crippen LogP contribution is 2.30. The molecule has 2 aromatic carbocycles. The van der Waals surface area contributed by atoms with Gasteiger partial charge in [-0.25, -0.2) is 26.8 Å². The van der Waals surface area contributed by atoms with E-state index in [2.05, 4.69) is 15.0 Å². The average Bonchev–Trinajstić information content (AvgIpc) is 3.67. The summed E-state index contributed by atoms with van der Waals surface area (Å²) in [5, 5.41) is 5.86. The molecule has 3 aromatic heterocycles. The molecular formula is C34H39N5O4S4. The Morgan fingerprint density at radius 3 is 1.83 bits per heavy atom. The zero-order chi connectivity index (χ0) is 33.4. The predicted octanol–water partition coefficient (Wildman–Crippen LogP) is 7.59. The van der Waals surface area contributed by atoms with Gasteiger partial charge in [0.05, 0.1) is 26.2 Å². The van der Waals surface area contributed by atoms with Crippen molar-refractivity contribution < 1.29 is 16.8 Å². The molecule has 47 heavy (non-hydrogen) atoms. The second-order valence-corrected chi connectivity index (χ2v) is 16.8. The molecule has 9 nitrogen and oxygen atoms in total. The number of thiazole rings is 2. The minimum absolute atomic E-state index is 0.308. The van der Waals surface area contributed by atoms with E-state index in [4.69, 9.17) is 0 Å². The third kappa shape index (κ3) is 8.40. The quantitative estimate of drug-likeness (QED) is 0.155. The molecule has 1 saturated heterocycles. The van der Waals surface area contributed by atoms with E-state index in [1.54, 1.807) is 75.8 Å². The largest absolute Gasteiger partial charge is 0.264 e. The van der Waals surface area contributed by atoms with Gasteiger partial charge in [0.25, 0.3) is 0 Å². The Labute approximate surface area is 286 Å². The number of sulfonamides is 2. The fourth-order valence-electron chi connectivity index (χ4n) is 5.26. The molecule has 4 heterocycles. The zero-order valence-electron chi connectivity index (χ0n) is 26.7. The third-order valence-electron chi connectivity index (χ3n) is 7.88. The van der Waals surface area contributed by atoms with E-state index >= 15 is 0 Å². The molecule has 0 bridgehead atoms. The second-order valence-electron chi connectivity index (χ2n) is 11.0. The predicted molar refractivity (Wildman–Crippen MR) is 190 cm³/mol. The number of hydrogen-bond acceptors (Lipinski definition) is 9. The van der Waals surface area contributed by atoms with Crippen LogP contribution in [0.1, 0.15) is 44.5 Å². The summed E-state index contributed by atoms with van der Waals surface area (Å²) < 4.78 is 53.6. The first-order valence-electron chi connectivity index (χ1n) is 15.6. The Bertz CT molecular complexity index is 1950. The summed E-state index contributed by atoms with van der Waals surface area (Å²) in [6, 6.07) is 17.8. The summed E-state index contributed by atoms with van der Waals surface area (Å²) in [6.07, 6.45) is 7.66. The van der Waals surface area contributed by atoms with Crippen LogP contribution in [0.25, 0.3) is 33.1 Å². The lowest BCUT2D eigenvalue weighted by Crippen LogP contribution is -2.31. The number of aromatic nitrogens is 3. The Kier molecular flexibility index (Phi) is 11.7. The fourth-order valence-corrected chi connectivity index (χ4v) is 9.68. The first-order chi connectivity index (χ1) is 22.6. The maximum atomic E-state index is 12.7. The van der Waals surface area contributed by atoms with Gasteiger partial charge in [-0.3, -0.25) is 4.98 Å². The Hall–Kier alpha value is -3.33. The first-order valence-corrected chi connectivity index (χ1v) is 20.3. The van der Waals surface area contributed by atoms with Crippen LogP contribution in [-0.4, -0.2) is 66.6 Å². The van der Waals surface area contributed by atoms with Crippen LogP contribution in [0.2, 0.25) is 0 Å². The Balaban J connectivity index is 0.000000186. The Morgan fingerprint density at radius 1 is 0.723 bits per heavy atom. The van der Waals surface area contributed by atoms with Crippen LogP contribution in [0.4, 0.5) is 0 Å². The summed E-state index contributed by atoms with van der Waals surface area (Å²) in [7, 11) is -6.79. The molecular weight excluding hydrogens is 671 g/mol.